The van der Waals surface area contributed by atoms with Crippen LogP contribution in [0.5, 0.6) is 0 Å². The largest absolute Gasteiger partial charge is 0.462 e. The Hall–Kier alpha value is -1.62. The minimum atomic E-state index is -0.438. The molecule has 2 N–H and O–H groups in total. The number of ether oxygens (including phenoxy) is 1. The predicted molar refractivity (Wildman–Crippen MR) is 60.4 cm³/mol. The maximum Gasteiger partial charge on any atom is 0.339 e. The Morgan fingerprint density at radius 1 is 1.62 bits per heavy atom. The molecule has 5 heteroatoms. The van der Waals surface area contributed by atoms with Crippen molar-refractivity contribution < 1.29 is 14.6 Å². The summed E-state index contributed by atoms with van der Waals surface area (Å²) in [5, 5.41) is 12.0. The van der Waals surface area contributed by atoms with Crippen molar-refractivity contribution in [3.63, 3.8) is 0 Å². The number of hydrogen-bond acceptors (Lipinski definition) is 5. The second kappa shape index (κ2) is 6.07. The monoisotopic (exact) mass is 224 g/mol. The van der Waals surface area contributed by atoms with Gasteiger partial charge in [-0.1, -0.05) is 0 Å². The van der Waals surface area contributed by atoms with E-state index < -0.39 is 6.10 Å². The molecule has 1 heterocycles. The van der Waals surface area contributed by atoms with Crippen LogP contribution in [0.3, 0.4) is 0 Å². The maximum atomic E-state index is 11.3. The van der Waals surface area contributed by atoms with E-state index in [-0.39, 0.29) is 5.97 Å². The number of rotatable bonds is 5. The summed E-state index contributed by atoms with van der Waals surface area (Å²) >= 11 is 0. The molecule has 0 saturated heterocycles. The lowest BCUT2D eigenvalue weighted by atomic mass is 10.3. The number of hydrogen-bond donors (Lipinski definition) is 2. The van der Waals surface area contributed by atoms with Crippen LogP contribution < -0.4 is 5.32 Å². The van der Waals surface area contributed by atoms with Crippen LogP contribution in [-0.2, 0) is 4.74 Å². The van der Waals surface area contributed by atoms with Crippen LogP contribution in [0, 0.1) is 0 Å². The first kappa shape index (κ1) is 12.4. The van der Waals surface area contributed by atoms with E-state index in [0.717, 1.165) is 0 Å². The summed E-state index contributed by atoms with van der Waals surface area (Å²) in [4.78, 5) is 15.3. The number of aliphatic hydroxyl groups is 1. The number of carbonyl (C=O) groups is 1. The minimum Gasteiger partial charge on any atom is -0.462 e. The summed E-state index contributed by atoms with van der Waals surface area (Å²) in [7, 11) is 0. The Morgan fingerprint density at radius 3 is 2.88 bits per heavy atom. The molecule has 0 unspecified atom stereocenters. The Morgan fingerprint density at radius 2 is 2.38 bits per heavy atom. The van der Waals surface area contributed by atoms with E-state index >= 15 is 0 Å². The molecule has 5 nitrogen and oxygen atoms in total. The average molecular weight is 224 g/mol. The summed E-state index contributed by atoms with van der Waals surface area (Å²) in [6, 6.07) is 3.31. The van der Waals surface area contributed by atoms with E-state index in [4.69, 9.17) is 9.84 Å². The van der Waals surface area contributed by atoms with Gasteiger partial charge >= 0.3 is 5.97 Å². The van der Waals surface area contributed by atoms with Crippen LogP contribution in [-0.4, -0.2) is 35.3 Å². The summed E-state index contributed by atoms with van der Waals surface area (Å²) < 4.78 is 4.83. The molecule has 0 bridgehead atoms. The van der Waals surface area contributed by atoms with Gasteiger partial charge in [-0.25, -0.2) is 9.78 Å². The van der Waals surface area contributed by atoms with Crippen molar-refractivity contribution in [1.82, 2.24) is 4.98 Å². The van der Waals surface area contributed by atoms with Gasteiger partial charge in [-0.3, -0.25) is 0 Å². The van der Waals surface area contributed by atoms with E-state index in [2.05, 4.69) is 10.3 Å². The lowest BCUT2D eigenvalue weighted by Gasteiger charge is -2.07. The smallest absolute Gasteiger partial charge is 0.339 e. The van der Waals surface area contributed by atoms with Gasteiger partial charge in [-0.05, 0) is 26.0 Å². The zero-order valence-corrected chi connectivity index (χ0v) is 9.43. The van der Waals surface area contributed by atoms with Gasteiger partial charge in [0.2, 0.25) is 0 Å². The van der Waals surface area contributed by atoms with Crippen molar-refractivity contribution in [1.29, 1.82) is 0 Å². The number of nitrogens with one attached hydrogen (secondary N) is 1. The number of aromatic nitrogens is 1. The number of nitrogens with zero attached hydrogens (tertiary/aromatic N) is 1. The lowest BCUT2D eigenvalue weighted by molar-refractivity contribution is 0.0526. The molecular formula is C11H16N2O3. The fourth-order valence-corrected chi connectivity index (χ4v) is 1.09. The Balaban J connectivity index is 2.57. The number of anilines is 1. The van der Waals surface area contributed by atoms with Crippen molar-refractivity contribution in [2.75, 3.05) is 18.5 Å². The number of carbonyl (C=O) groups excluding carboxylic acids is 1. The van der Waals surface area contributed by atoms with Crippen LogP contribution in [0.2, 0.25) is 0 Å². The fourth-order valence-electron chi connectivity index (χ4n) is 1.09. The van der Waals surface area contributed by atoms with Crippen LogP contribution >= 0.6 is 0 Å². The van der Waals surface area contributed by atoms with Gasteiger partial charge < -0.3 is 15.2 Å². The van der Waals surface area contributed by atoms with E-state index in [1.165, 1.54) is 6.20 Å². The number of aliphatic hydroxyl groups excluding tert-OH is 1. The highest BCUT2D eigenvalue weighted by Crippen LogP contribution is 2.06. The molecule has 1 aromatic rings. The SMILES string of the molecule is CCOC(=O)c1ccc(NC[C@H](C)O)nc1. The molecular weight excluding hydrogens is 208 g/mol. The van der Waals surface area contributed by atoms with Crippen molar-refractivity contribution in [3.8, 4) is 0 Å². The molecule has 0 aliphatic carbocycles. The van der Waals surface area contributed by atoms with Gasteiger partial charge in [0, 0.05) is 12.7 Å². The second-order valence-electron chi connectivity index (χ2n) is 3.38. The van der Waals surface area contributed by atoms with Crippen molar-refractivity contribution in [2.24, 2.45) is 0 Å². The van der Waals surface area contributed by atoms with Crippen LogP contribution in [0.4, 0.5) is 5.82 Å². The minimum absolute atomic E-state index is 0.348. The van der Waals surface area contributed by atoms with Gasteiger partial charge in [-0.2, -0.15) is 0 Å². The normalized spacial score (nSPS) is 11.9. The Labute approximate surface area is 94.5 Å². The first-order valence-corrected chi connectivity index (χ1v) is 5.18. The average Bonchev–Trinajstić information content (AvgIpc) is 2.27. The number of pyridine rings is 1. The number of esters is 1. The standard InChI is InChI=1S/C11H16N2O3/c1-3-16-11(15)9-4-5-10(13-7-9)12-6-8(2)14/h4-5,7-8,14H,3,6H2,1-2H3,(H,12,13)/t8-/m0/s1. The fraction of sp³-hybridized carbons (Fsp3) is 0.455. The molecule has 1 aromatic heterocycles. The van der Waals surface area contributed by atoms with Crippen LogP contribution in [0.1, 0.15) is 24.2 Å². The zero-order valence-electron chi connectivity index (χ0n) is 9.43. The molecule has 0 aromatic carbocycles. The third kappa shape index (κ3) is 3.86. The molecule has 0 saturated carbocycles. The first-order chi connectivity index (χ1) is 7.63. The predicted octanol–water partition coefficient (Wildman–Crippen LogP) is 1.05. The highest BCUT2D eigenvalue weighted by molar-refractivity contribution is 5.89. The van der Waals surface area contributed by atoms with Crippen LogP contribution in [0.15, 0.2) is 18.3 Å². The van der Waals surface area contributed by atoms with Gasteiger partial charge in [0.25, 0.3) is 0 Å². The third-order valence-electron chi connectivity index (χ3n) is 1.85. The summed E-state index contributed by atoms with van der Waals surface area (Å²) in [6.07, 6.45) is 1.01. The summed E-state index contributed by atoms with van der Waals surface area (Å²) in [5.74, 6) is 0.242. The van der Waals surface area contributed by atoms with Crippen molar-refractivity contribution >= 4 is 11.8 Å². The van der Waals surface area contributed by atoms with Gasteiger partial charge in [0.15, 0.2) is 0 Å². The highest BCUT2D eigenvalue weighted by Gasteiger charge is 2.06. The van der Waals surface area contributed by atoms with Gasteiger partial charge in [-0.15, -0.1) is 0 Å². The molecule has 0 aliphatic rings. The van der Waals surface area contributed by atoms with E-state index in [9.17, 15) is 4.79 Å². The van der Waals surface area contributed by atoms with E-state index in [1.807, 2.05) is 0 Å². The van der Waals surface area contributed by atoms with Crippen molar-refractivity contribution in [2.45, 2.75) is 20.0 Å². The quantitative estimate of drug-likeness (QED) is 0.731. The Bertz CT molecular complexity index is 336. The third-order valence-corrected chi connectivity index (χ3v) is 1.85. The van der Waals surface area contributed by atoms with Crippen LogP contribution in [0.25, 0.3) is 0 Å². The summed E-state index contributed by atoms with van der Waals surface area (Å²) in [5.41, 5.74) is 0.421. The molecule has 16 heavy (non-hydrogen) atoms. The highest BCUT2D eigenvalue weighted by atomic mass is 16.5. The molecule has 0 aliphatic heterocycles. The molecule has 0 spiro atoms. The van der Waals surface area contributed by atoms with Gasteiger partial charge in [0.05, 0.1) is 18.3 Å². The van der Waals surface area contributed by atoms with Gasteiger partial charge in [0.1, 0.15) is 5.82 Å². The molecule has 0 radical (unpaired) electrons. The Kier molecular flexibility index (Phi) is 4.72. The molecule has 1 rings (SSSR count). The second-order valence-corrected chi connectivity index (χ2v) is 3.38. The van der Waals surface area contributed by atoms with E-state index in [0.29, 0.717) is 24.5 Å². The molecule has 0 amide bonds. The van der Waals surface area contributed by atoms with Crippen molar-refractivity contribution in [3.05, 3.63) is 23.9 Å². The maximum absolute atomic E-state index is 11.3. The van der Waals surface area contributed by atoms with E-state index in [1.54, 1.807) is 26.0 Å². The molecule has 1 atom stereocenters. The first-order valence-electron chi connectivity index (χ1n) is 5.18. The topological polar surface area (TPSA) is 71.5 Å². The zero-order chi connectivity index (χ0) is 12.0. The summed E-state index contributed by atoms with van der Waals surface area (Å²) in [6.45, 7) is 4.20. The molecule has 0 fully saturated rings. The molecule has 88 valence electrons. The lowest BCUT2D eigenvalue weighted by Crippen LogP contribution is -2.16.